The van der Waals surface area contributed by atoms with Gasteiger partial charge in [0.15, 0.2) is 0 Å². The second-order valence-corrected chi connectivity index (χ2v) is 9.81. The molecule has 4 unspecified atom stereocenters. The Morgan fingerprint density at radius 3 is 2.81 bits per heavy atom. The first-order chi connectivity index (χ1) is 12.4. The highest BCUT2D eigenvalue weighted by Crippen LogP contribution is 2.67. The first kappa shape index (κ1) is 18.3. The van der Waals surface area contributed by atoms with E-state index in [1.54, 1.807) is 11.1 Å². The van der Waals surface area contributed by atoms with Crippen molar-refractivity contribution in [3.63, 3.8) is 0 Å². The van der Waals surface area contributed by atoms with E-state index in [-0.39, 0.29) is 17.4 Å². The van der Waals surface area contributed by atoms with Crippen molar-refractivity contribution in [2.45, 2.75) is 76.9 Å². The van der Waals surface area contributed by atoms with Gasteiger partial charge in [0.25, 0.3) is 0 Å². The molecule has 0 radical (unpaired) electrons. The zero-order chi connectivity index (χ0) is 18.7. The quantitative estimate of drug-likeness (QED) is 0.567. The molecule has 0 amide bonds. The van der Waals surface area contributed by atoms with Crippen LogP contribution in [0.4, 0.5) is 0 Å². The van der Waals surface area contributed by atoms with Gasteiger partial charge in [-0.05, 0) is 81.0 Å². The molecule has 2 fully saturated rings. The molecular weight excluding hydrogens is 320 g/mol. The normalized spacial score (nSPS) is 50.4. The van der Waals surface area contributed by atoms with Crippen molar-refractivity contribution in [1.29, 1.82) is 0 Å². The molecule has 2 nitrogen and oxygen atoms in total. The molecule has 8 atom stereocenters. The van der Waals surface area contributed by atoms with Crippen molar-refractivity contribution in [2.75, 3.05) is 0 Å². The lowest BCUT2D eigenvalue weighted by Crippen LogP contribution is -2.55. The summed E-state index contributed by atoms with van der Waals surface area (Å²) >= 11 is 0. The number of terminal acetylenes is 1. The fraction of sp³-hybridized carbons (Fsp3) is 0.750. The van der Waals surface area contributed by atoms with Crippen molar-refractivity contribution in [3.8, 4) is 12.3 Å². The number of fused-ring (bicyclic) bond motifs is 4. The molecule has 0 saturated heterocycles. The average Bonchev–Trinajstić information content (AvgIpc) is 2.82. The molecule has 0 bridgehead atoms. The van der Waals surface area contributed by atoms with Crippen molar-refractivity contribution >= 4 is 0 Å². The summed E-state index contributed by atoms with van der Waals surface area (Å²) in [6, 6.07) is 0. The number of allylic oxidation sites excluding steroid dienone is 2. The van der Waals surface area contributed by atoms with E-state index in [9.17, 15) is 10.2 Å². The summed E-state index contributed by atoms with van der Waals surface area (Å²) in [5, 5.41) is 21.6. The van der Waals surface area contributed by atoms with Gasteiger partial charge in [0.05, 0.1) is 6.10 Å². The Balaban J connectivity index is 1.77. The van der Waals surface area contributed by atoms with Gasteiger partial charge >= 0.3 is 0 Å². The van der Waals surface area contributed by atoms with Crippen molar-refractivity contribution in [3.05, 3.63) is 23.8 Å². The molecule has 4 aliphatic carbocycles. The fourth-order valence-corrected chi connectivity index (χ4v) is 7.58. The Kier molecular flexibility index (Phi) is 4.41. The van der Waals surface area contributed by atoms with Crippen LogP contribution in [0.25, 0.3) is 0 Å². The predicted octanol–water partition coefficient (Wildman–Crippen LogP) is 4.48. The predicted molar refractivity (Wildman–Crippen MR) is 105 cm³/mol. The zero-order valence-corrected chi connectivity index (χ0v) is 16.4. The van der Waals surface area contributed by atoms with Gasteiger partial charge in [0, 0.05) is 5.41 Å². The Morgan fingerprint density at radius 1 is 1.35 bits per heavy atom. The van der Waals surface area contributed by atoms with Gasteiger partial charge in [0.2, 0.25) is 0 Å². The average molecular weight is 355 g/mol. The maximum Gasteiger partial charge on any atom is 0.133 e. The van der Waals surface area contributed by atoms with Crippen molar-refractivity contribution < 1.29 is 10.2 Å². The largest absolute Gasteiger partial charge is 0.393 e. The van der Waals surface area contributed by atoms with Gasteiger partial charge in [-0.1, -0.05) is 37.0 Å². The Labute approximate surface area is 158 Å². The van der Waals surface area contributed by atoms with E-state index < -0.39 is 5.60 Å². The van der Waals surface area contributed by atoms with Crippen LogP contribution in [0.2, 0.25) is 0 Å². The molecule has 26 heavy (non-hydrogen) atoms. The third-order valence-corrected chi connectivity index (χ3v) is 8.74. The number of hydrogen-bond acceptors (Lipinski definition) is 2. The minimum atomic E-state index is -0.987. The maximum absolute atomic E-state index is 11.5. The van der Waals surface area contributed by atoms with Crippen LogP contribution in [0.15, 0.2) is 23.8 Å². The van der Waals surface area contributed by atoms with Gasteiger partial charge in [0.1, 0.15) is 5.60 Å². The monoisotopic (exact) mass is 354 g/mol. The molecule has 0 aliphatic heterocycles. The minimum Gasteiger partial charge on any atom is -0.393 e. The maximum atomic E-state index is 11.5. The SMILES string of the molecule is C#C[C@]1(O)C(C)CC2C3CCC4=C(CC[C@@H](O)C4)C3[C@@H](CC=C)C[C@@]21C. The summed E-state index contributed by atoms with van der Waals surface area (Å²) in [6.07, 6.45) is 16.0. The van der Waals surface area contributed by atoms with E-state index in [4.69, 9.17) is 6.42 Å². The Bertz CT molecular complexity index is 670. The fourth-order valence-electron chi connectivity index (χ4n) is 7.58. The molecule has 0 aromatic rings. The molecule has 0 aromatic carbocycles. The number of aliphatic hydroxyl groups excluding tert-OH is 1. The second-order valence-electron chi connectivity index (χ2n) is 9.81. The van der Waals surface area contributed by atoms with Crippen molar-refractivity contribution in [2.24, 2.45) is 35.0 Å². The first-order valence-corrected chi connectivity index (χ1v) is 10.6. The molecule has 142 valence electrons. The lowest BCUT2D eigenvalue weighted by atomic mass is 9.48. The van der Waals surface area contributed by atoms with Crippen LogP contribution in [-0.4, -0.2) is 21.9 Å². The number of rotatable bonds is 2. The molecule has 0 heterocycles. The van der Waals surface area contributed by atoms with Crippen LogP contribution >= 0.6 is 0 Å². The highest BCUT2D eigenvalue weighted by Gasteiger charge is 2.65. The third kappa shape index (κ3) is 2.33. The van der Waals surface area contributed by atoms with Gasteiger partial charge < -0.3 is 10.2 Å². The summed E-state index contributed by atoms with van der Waals surface area (Å²) in [5.41, 5.74) is 2.02. The van der Waals surface area contributed by atoms with E-state index >= 15 is 0 Å². The van der Waals surface area contributed by atoms with Crippen molar-refractivity contribution in [1.82, 2.24) is 0 Å². The van der Waals surface area contributed by atoms with E-state index in [0.717, 1.165) is 44.9 Å². The van der Waals surface area contributed by atoms with Gasteiger partial charge in [-0.25, -0.2) is 0 Å². The van der Waals surface area contributed by atoms with Crippen LogP contribution in [0, 0.1) is 47.3 Å². The molecule has 2 heteroatoms. The highest BCUT2D eigenvalue weighted by atomic mass is 16.3. The van der Waals surface area contributed by atoms with Crippen LogP contribution in [-0.2, 0) is 0 Å². The van der Waals surface area contributed by atoms with E-state index in [1.807, 2.05) is 0 Å². The molecule has 2 saturated carbocycles. The van der Waals surface area contributed by atoms with Gasteiger partial charge in [-0.15, -0.1) is 13.0 Å². The zero-order valence-electron chi connectivity index (χ0n) is 16.4. The lowest BCUT2D eigenvalue weighted by Gasteiger charge is -2.56. The Morgan fingerprint density at radius 2 is 2.12 bits per heavy atom. The topological polar surface area (TPSA) is 40.5 Å². The van der Waals surface area contributed by atoms with Crippen LogP contribution in [0.1, 0.15) is 65.2 Å². The van der Waals surface area contributed by atoms with E-state index in [1.165, 1.54) is 6.42 Å². The summed E-state index contributed by atoms with van der Waals surface area (Å²) < 4.78 is 0. The second kappa shape index (κ2) is 6.25. The minimum absolute atomic E-state index is 0.143. The summed E-state index contributed by atoms with van der Waals surface area (Å²) in [5.74, 6) is 5.25. The highest BCUT2D eigenvalue weighted by molar-refractivity contribution is 5.32. The summed E-state index contributed by atoms with van der Waals surface area (Å²) in [4.78, 5) is 0. The smallest absolute Gasteiger partial charge is 0.133 e. The van der Waals surface area contributed by atoms with E-state index in [2.05, 4.69) is 32.4 Å². The summed E-state index contributed by atoms with van der Waals surface area (Å²) in [6.45, 7) is 8.44. The standard InChI is InChI=1S/C24H34O2/c1-5-7-17-14-23(4)21(12-15(3)24(23,26)6-2)20-10-8-16-13-18(25)9-11-19(16)22(17)20/h2,5,15,17-18,20-22,25-26H,1,7-14H2,3-4H3/t15?,17-,18+,20?,21?,22?,23-,24-/m0/s1. The molecule has 4 aliphatic rings. The third-order valence-electron chi connectivity index (χ3n) is 8.74. The first-order valence-electron chi connectivity index (χ1n) is 10.6. The molecule has 2 N–H and O–H groups in total. The van der Waals surface area contributed by atoms with Crippen LogP contribution in [0.3, 0.4) is 0 Å². The molecular formula is C24H34O2. The summed E-state index contributed by atoms with van der Waals surface area (Å²) in [7, 11) is 0. The van der Waals surface area contributed by atoms with Crippen LogP contribution < -0.4 is 0 Å². The molecule has 4 rings (SSSR count). The number of aliphatic hydroxyl groups is 2. The van der Waals surface area contributed by atoms with E-state index in [0.29, 0.717) is 23.7 Å². The lowest BCUT2D eigenvalue weighted by molar-refractivity contribution is -0.102. The van der Waals surface area contributed by atoms with Gasteiger partial charge in [-0.3, -0.25) is 0 Å². The van der Waals surface area contributed by atoms with Crippen LogP contribution in [0.5, 0.6) is 0 Å². The van der Waals surface area contributed by atoms with Gasteiger partial charge in [-0.2, -0.15) is 0 Å². The number of hydrogen-bond donors (Lipinski definition) is 2. The molecule has 0 aromatic heterocycles. The molecule has 0 spiro atoms. The Hall–Kier alpha value is -1.04.